The normalized spacial score (nSPS) is 11.9. The molecule has 0 N–H and O–H groups in total. The number of rotatable bonds is 5. The van der Waals surface area contributed by atoms with Crippen LogP contribution in [0, 0.1) is 0 Å². The minimum atomic E-state index is 0.439. The molecule has 26 heavy (non-hydrogen) atoms. The third-order valence-corrected chi connectivity index (χ3v) is 3.68. The monoisotopic (exact) mass is 363 g/mol. The highest BCUT2D eigenvalue weighted by molar-refractivity contribution is 6.30. The van der Waals surface area contributed by atoms with E-state index in [1.807, 2.05) is 79.7 Å². The highest BCUT2D eigenvalue weighted by Gasteiger charge is 2.08. The summed E-state index contributed by atoms with van der Waals surface area (Å²) in [5, 5.41) is 0.601. The van der Waals surface area contributed by atoms with Crippen molar-refractivity contribution < 1.29 is 9.47 Å². The Labute approximate surface area is 158 Å². The Balaban J connectivity index is 1.88. The van der Waals surface area contributed by atoms with Gasteiger partial charge in [-0.05, 0) is 49.4 Å². The first-order valence-corrected chi connectivity index (χ1v) is 8.54. The van der Waals surface area contributed by atoms with Gasteiger partial charge in [-0.3, -0.25) is 0 Å². The van der Waals surface area contributed by atoms with Gasteiger partial charge in [0.25, 0.3) is 0 Å². The molecule has 0 saturated carbocycles. The maximum atomic E-state index is 6.05. The summed E-state index contributed by atoms with van der Waals surface area (Å²) < 4.78 is 11.7. The average molecular weight is 364 g/mol. The summed E-state index contributed by atoms with van der Waals surface area (Å²) in [4.78, 5) is 4.60. The molecule has 0 unspecified atom stereocenters. The van der Waals surface area contributed by atoms with Gasteiger partial charge >= 0.3 is 0 Å². The van der Waals surface area contributed by atoms with Crippen molar-refractivity contribution in [2.45, 2.75) is 6.92 Å². The van der Waals surface area contributed by atoms with Crippen LogP contribution in [0.3, 0.4) is 0 Å². The number of hydrogen-bond donors (Lipinski definition) is 0. The SMILES string of the molecule is C/C(=C\Oc1ccccc1)C(=Nc1ccccc1)Oc1cccc(Cl)c1. The van der Waals surface area contributed by atoms with Gasteiger partial charge in [0.05, 0.1) is 11.9 Å². The Morgan fingerprint density at radius 3 is 2.19 bits per heavy atom. The Kier molecular flexibility index (Phi) is 6.07. The molecule has 0 bridgehead atoms. The van der Waals surface area contributed by atoms with Crippen LogP contribution in [-0.2, 0) is 0 Å². The van der Waals surface area contributed by atoms with Crippen molar-refractivity contribution in [3.8, 4) is 11.5 Å². The van der Waals surface area contributed by atoms with E-state index in [9.17, 15) is 0 Å². The van der Waals surface area contributed by atoms with E-state index in [2.05, 4.69) is 4.99 Å². The Bertz CT molecular complexity index is 906. The number of ether oxygens (including phenoxy) is 2. The topological polar surface area (TPSA) is 30.8 Å². The lowest BCUT2D eigenvalue weighted by Gasteiger charge is -2.10. The van der Waals surface area contributed by atoms with E-state index in [1.54, 1.807) is 18.4 Å². The second-order valence-corrected chi connectivity index (χ2v) is 5.98. The lowest BCUT2D eigenvalue weighted by molar-refractivity contribution is 0.473. The maximum absolute atomic E-state index is 6.05. The summed E-state index contributed by atoms with van der Waals surface area (Å²) in [5.41, 5.74) is 1.54. The molecule has 0 spiro atoms. The maximum Gasteiger partial charge on any atom is 0.225 e. The van der Waals surface area contributed by atoms with E-state index < -0.39 is 0 Å². The van der Waals surface area contributed by atoms with Crippen LogP contribution < -0.4 is 9.47 Å². The fourth-order valence-electron chi connectivity index (χ4n) is 2.16. The molecule has 0 heterocycles. The van der Waals surface area contributed by atoms with E-state index in [4.69, 9.17) is 21.1 Å². The molecule has 0 aliphatic rings. The number of benzene rings is 3. The summed E-state index contributed by atoms with van der Waals surface area (Å²) in [6.45, 7) is 1.88. The van der Waals surface area contributed by atoms with E-state index in [0.717, 1.165) is 17.0 Å². The molecule has 3 aromatic carbocycles. The molecule has 0 saturated heterocycles. The van der Waals surface area contributed by atoms with Gasteiger partial charge in [-0.1, -0.05) is 54.1 Å². The van der Waals surface area contributed by atoms with Gasteiger partial charge in [0.15, 0.2) is 0 Å². The fraction of sp³-hybridized carbons (Fsp3) is 0.0455. The number of hydrogen-bond acceptors (Lipinski definition) is 3. The predicted octanol–water partition coefficient (Wildman–Crippen LogP) is 6.43. The van der Waals surface area contributed by atoms with Gasteiger partial charge in [-0.15, -0.1) is 0 Å². The first-order chi connectivity index (χ1) is 12.7. The lowest BCUT2D eigenvalue weighted by Crippen LogP contribution is -2.10. The lowest BCUT2D eigenvalue weighted by atomic mass is 10.3. The minimum absolute atomic E-state index is 0.439. The van der Waals surface area contributed by atoms with E-state index >= 15 is 0 Å². The molecule has 0 radical (unpaired) electrons. The third-order valence-electron chi connectivity index (χ3n) is 3.45. The molecule has 0 aliphatic heterocycles. The summed E-state index contributed by atoms with van der Waals surface area (Å²) in [6, 6.07) is 26.4. The zero-order valence-corrected chi connectivity index (χ0v) is 15.1. The first-order valence-electron chi connectivity index (χ1n) is 8.17. The first kappa shape index (κ1) is 17.8. The van der Waals surface area contributed by atoms with E-state index in [0.29, 0.717) is 16.7 Å². The molecule has 0 atom stereocenters. The molecule has 0 fully saturated rings. The third kappa shape index (κ3) is 5.23. The molecular weight excluding hydrogens is 346 g/mol. The zero-order chi connectivity index (χ0) is 18.2. The number of aliphatic imine (C=N–C) groups is 1. The summed E-state index contributed by atoms with van der Waals surface area (Å²) in [7, 11) is 0. The second kappa shape index (κ2) is 8.88. The van der Waals surface area contributed by atoms with Crippen molar-refractivity contribution in [3.63, 3.8) is 0 Å². The highest BCUT2D eigenvalue weighted by Crippen LogP contribution is 2.21. The van der Waals surface area contributed by atoms with Crippen LogP contribution in [0.2, 0.25) is 5.02 Å². The Hall–Kier alpha value is -3.04. The van der Waals surface area contributed by atoms with Crippen LogP contribution in [-0.4, -0.2) is 5.90 Å². The van der Waals surface area contributed by atoms with Gasteiger partial charge in [-0.25, -0.2) is 4.99 Å². The zero-order valence-electron chi connectivity index (χ0n) is 14.3. The number of para-hydroxylation sites is 2. The van der Waals surface area contributed by atoms with E-state index in [-0.39, 0.29) is 0 Å². The average Bonchev–Trinajstić information content (AvgIpc) is 2.67. The van der Waals surface area contributed by atoms with Crippen LogP contribution in [0.5, 0.6) is 11.5 Å². The molecule has 130 valence electrons. The van der Waals surface area contributed by atoms with Crippen LogP contribution in [0.15, 0.2) is 102 Å². The second-order valence-electron chi connectivity index (χ2n) is 5.54. The summed E-state index contributed by atoms with van der Waals surface area (Å²) in [5.74, 6) is 1.79. The minimum Gasteiger partial charge on any atom is -0.465 e. The summed E-state index contributed by atoms with van der Waals surface area (Å²) in [6.07, 6.45) is 1.63. The van der Waals surface area contributed by atoms with Gasteiger partial charge in [0.2, 0.25) is 5.90 Å². The number of nitrogens with zero attached hydrogens (tertiary/aromatic N) is 1. The van der Waals surface area contributed by atoms with Crippen LogP contribution in [0.4, 0.5) is 5.69 Å². The predicted molar refractivity (Wildman–Crippen MR) is 106 cm³/mol. The standard InChI is InChI=1S/C22H18ClNO2/c1-17(16-25-20-12-6-3-7-13-20)22(24-19-10-4-2-5-11-19)26-21-14-8-9-18(23)15-21/h2-16H,1H3/b17-16+,24-22?. The van der Waals surface area contributed by atoms with E-state index in [1.165, 1.54) is 0 Å². The van der Waals surface area contributed by atoms with Crippen LogP contribution in [0.25, 0.3) is 0 Å². The van der Waals surface area contributed by atoms with Gasteiger partial charge in [-0.2, -0.15) is 0 Å². The van der Waals surface area contributed by atoms with Gasteiger partial charge < -0.3 is 9.47 Å². The smallest absolute Gasteiger partial charge is 0.225 e. The molecule has 3 aromatic rings. The van der Waals surface area contributed by atoms with Crippen molar-refractivity contribution >= 4 is 23.2 Å². The Morgan fingerprint density at radius 2 is 1.50 bits per heavy atom. The van der Waals surface area contributed by atoms with Crippen molar-refractivity contribution in [1.29, 1.82) is 0 Å². The molecule has 0 aliphatic carbocycles. The molecule has 0 amide bonds. The largest absolute Gasteiger partial charge is 0.465 e. The molecule has 0 aromatic heterocycles. The van der Waals surface area contributed by atoms with Crippen molar-refractivity contribution in [2.24, 2.45) is 4.99 Å². The Morgan fingerprint density at radius 1 is 0.846 bits per heavy atom. The van der Waals surface area contributed by atoms with Gasteiger partial charge in [0, 0.05) is 10.6 Å². The fourth-order valence-corrected chi connectivity index (χ4v) is 2.34. The summed E-state index contributed by atoms with van der Waals surface area (Å²) >= 11 is 6.05. The molecule has 4 heteroatoms. The highest BCUT2D eigenvalue weighted by atomic mass is 35.5. The quantitative estimate of drug-likeness (QED) is 0.297. The van der Waals surface area contributed by atoms with Gasteiger partial charge in [0.1, 0.15) is 11.5 Å². The molecular formula is C22H18ClNO2. The van der Waals surface area contributed by atoms with Crippen molar-refractivity contribution in [3.05, 3.63) is 102 Å². The van der Waals surface area contributed by atoms with Crippen LogP contribution >= 0.6 is 11.6 Å². The van der Waals surface area contributed by atoms with Crippen molar-refractivity contribution in [1.82, 2.24) is 0 Å². The number of halogens is 1. The van der Waals surface area contributed by atoms with Crippen LogP contribution in [0.1, 0.15) is 6.92 Å². The molecule has 3 rings (SSSR count). The van der Waals surface area contributed by atoms with Crippen molar-refractivity contribution in [2.75, 3.05) is 0 Å². The molecule has 3 nitrogen and oxygen atoms in total.